The Morgan fingerprint density at radius 2 is 2.00 bits per heavy atom. The Labute approximate surface area is 165 Å². The van der Waals surface area contributed by atoms with Crippen molar-refractivity contribution in [2.45, 2.75) is 20.4 Å². The highest BCUT2D eigenvalue weighted by Gasteiger charge is 2.25. The van der Waals surface area contributed by atoms with Gasteiger partial charge in [-0.2, -0.15) is 0 Å². The summed E-state index contributed by atoms with van der Waals surface area (Å²) in [6, 6.07) is 3.42. The van der Waals surface area contributed by atoms with Gasteiger partial charge in [-0.1, -0.05) is 0 Å². The number of guanidine groups is 1. The van der Waals surface area contributed by atoms with Crippen LogP contribution in [0.25, 0.3) is 0 Å². The third-order valence-corrected chi connectivity index (χ3v) is 4.97. The summed E-state index contributed by atoms with van der Waals surface area (Å²) in [5.41, 5.74) is 2.97. The Bertz CT molecular complexity index is 840. The number of aliphatic imine (C=N–C) groups is 1. The normalized spacial score (nSPS) is 14.9. The molecule has 1 aliphatic heterocycles. The molecule has 8 nitrogen and oxygen atoms in total. The van der Waals surface area contributed by atoms with Crippen LogP contribution in [0.5, 0.6) is 5.75 Å². The third-order valence-electron chi connectivity index (χ3n) is 4.97. The first-order valence-electron chi connectivity index (χ1n) is 9.32. The van der Waals surface area contributed by atoms with Gasteiger partial charge in [-0.15, -0.1) is 0 Å². The molecule has 0 bridgehead atoms. The largest absolute Gasteiger partial charge is 0.496 e. The number of nitrogens with zero attached hydrogens (tertiary/aromatic N) is 4. The fourth-order valence-electron chi connectivity index (χ4n) is 3.42. The summed E-state index contributed by atoms with van der Waals surface area (Å²) in [6.07, 6.45) is 3.34. The minimum atomic E-state index is -0.0702. The molecule has 0 aliphatic carbocycles. The zero-order valence-corrected chi connectivity index (χ0v) is 16.9. The molecule has 3 rings (SSSR count). The molecule has 150 valence electrons. The lowest BCUT2D eigenvalue weighted by atomic mass is 10.1. The lowest BCUT2D eigenvalue weighted by Crippen LogP contribution is -2.53. The number of nitrogens with one attached hydrogen (secondary N) is 1. The van der Waals surface area contributed by atoms with Crippen LogP contribution in [0.4, 0.5) is 0 Å². The van der Waals surface area contributed by atoms with E-state index in [4.69, 9.17) is 9.15 Å². The SMILES string of the molecule is CN=C(NCc1ncc(C)c(OC)c1C)N1CCN(C(=O)c2ccco2)CC1. The average Bonchev–Trinajstić information content (AvgIpc) is 3.25. The van der Waals surface area contributed by atoms with E-state index in [1.165, 1.54) is 6.26 Å². The molecule has 0 atom stereocenters. The Morgan fingerprint density at radius 1 is 1.29 bits per heavy atom. The van der Waals surface area contributed by atoms with Crippen molar-refractivity contribution in [3.63, 3.8) is 0 Å². The van der Waals surface area contributed by atoms with E-state index in [2.05, 4.69) is 20.2 Å². The number of aryl methyl sites for hydroxylation is 1. The Hall–Kier alpha value is -3.03. The summed E-state index contributed by atoms with van der Waals surface area (Å²) in [6.45, 7) is 7.20. The van der Waals surface area contributed by atoms with Crippen molar-refractivity contribution in [3.8, 4) is 5.75 Å². The van der Waals surface area contributed by atoms with Crippen molar-refractivity contribution in [2.24, 2.45) is 4.99 Å². The number of aromatic nitrogens is 1. The van der Waals surface area contributed by atoms with Gasteiger partial charge in [0.25, 0.3) is 5.91 Å². The van der Waals surface area contributed by atoms with Crippen LogP contribution in [0.15, 0.2) is 34.0 Å². The number of ether oxygens (including phenoxy) is 1. The van der Waals surface area contributed by atoms with E-state index in [9.17, 15) is 4.79 Å². The predicted molar refractivity (Wildman–Crippen MR) is 107 cm³/mol. The number of pyridine rings is 1. The molecule has 1 saturated heterocycles. The van der Waals surface area contributed by atoms with Crippen LogP contribution in [0.1, 0.15) is 27.4 Å². The maximum absolute atomic E-state index is 12.4. The first-order chi connectivity index (χ1) is 13.5. The van der Waals surface area contributed by atoms with Crippen LogP contribution in [0, 0.1) is 13.8 Å². The molecule has 1 N–H and O–H groups in total. The van der Waals surface area contributed by atoms with Gasteiger partial charge in [0.2, 0.25) is 0 Å². The van der Waals surface area contributed by atoms with Gasteiger partial charge in [-0.05, 0) is 26.0 Å². The lowest BCUT2D eigenvalue weighted by molar-refractivity contribution is 0.0657. The van der Waals surface area contributed by atoms with Crippen molar-refractivity contribution in [1.29, 1.82) is 0 Å². The molecule has 8 heteroatoms. The van der Waals surface area contributed by atoms with E-state index in [-0.39, 0.29) is 5.91 Å². The molecule has 0 aromatic carbocycles. The fourth-order valence-corrected chi connectivity index (χ4v) is 3.42. The molecule has 0 saturated carbocycles. The van der Waals surface area contributed by atoms with Gasteiger partial charge < -0.3 is 24.3 Å². The molecule has 2 aromatic rings. The highest BCUT2D eigenvalue weighted by molar-refractivity contribution is 5.91. The van der Waals surface area contributed by atoms with E-state index < -0.39 is 0 Å². The molecule has 0 radical (unpaired) electrons. The fraction of sp³-hybridized carbons (Fsp3) is 0.450. The highest BCUT2D eigenvalue weighted by atomic mass is 16.5. The molecule has 0 spiro atoms. The van der Waals surface area contributed by atoms with Gasteiger partial charge in [-0.3, -0.25) is 14.8 Å². The second-order valence-corrected chi connectivity index (χ2v) is 6.70. The van der Waals surface area contributed by atoms with Crippen LogP contribution in [0.3, 0.4) is 0 Å². The number of hydrogen-bond acceptors (Lipinski definition) is 5. The van der Waals surface area contributed by atoms with Crippen LogP contribution in [0.2, 0.25) is 0 Å². The molecule has 3 heterocycles. The smallest absolute Gasteiger partial charge is 0.289 e. The molecule has 2 aromatic heterocycles. The first kappa shape index (κ1) is 19.7. The standard InChI is InChI=1S/C20H27N5O3/c1-14-12-22-16(15(2)18(14)27-4)13-23-20(21-3)25-9-7-24(8-10-25)19(26)17-6-5-11-28-17/h5-6,11-12H,7-10,13H2,1-4H3,(H,21,23). The Balaban J connectivity index is 1.58. The average molecular weight is 385 g/mol. The predicted octanol–water partition coefficient (Wildman–Crippen LogP) is 1.83. The second kappa shape index (κ2) is 8.77. The maximum Gasteiger partial charge on any atom is 0.289 e. The summed E-state index contributed by atoms with van der Waals surface area (Å²) < 4.78 is 10.7. The van der Waals surface area contributed by atoms with E-state index in [1.807, 2.05) is 20.0 Å². The van der Waals surface area contributed by atoms with Crippen molar-refractivity contribution in [2.75, 3.05) is 40.3 Å². The number of hydrogen-bond donors (Lipinski definition) is 1. The van der Waals surface area contributed by atoms with Gasteiger partial charge in [0, 0.05) is 50.6 Å². The van der Waals surface area contributed by atoms with Gasteiger partial charge in [0.15, 0.2) is 11.7 Å². The van der Waals surface area contributed by atoms with Gasteiger partial charge >= 0.3 is 0 Å². The van der Waals surface area contributed by atoms with Crippen LogP contribution in [-0.4, -0.2) is 67.0 Å². The number of piperazine rings is 1. The summed E-state index contributed by atoms with van der Waals surface area (Å²) >= 11 is 0. The van der Waals surface area contributed by atoms with E-state index in [0.717, 1.165) is 28.5 Å². The Morgan fingerprint density at radius 3 is 2.61 bits per heavy atom. The molecule has 0 unspecified atom stereocenters. The van der Waals surface area contributed by atoms with Crippen molar-refractivity contribution < 1.29 is 13.9 Å². The second-order valence-electron chi connectivity index (χ2n) is 6.70. The van der Waals surface area contributed by atoms with Gasteiger partial charge in [-0.25, -0.2) is 0 Å². The summed E-state index contributed by atoms with van der Waals surface area (Å²) in [5.74, 6) is 1.97. The number of amides is 1. The first-order valence-corrected chi connectivity index (χ1v) is 9.32. The van der Waals surface area contributed by atoms with Crippen molar-refractivity contribution in [1.82, 2.24) is 20.1 Å². The maximum atomic E-state index is 12.4. The molecular formula is C20H27N5O3. The molecule has 28 heavy (non-hydrogen) atoms. The number of carbonyl (C=O) groups is 1. The molecular weight excluding hydrogens is 358 g/mol. The van der Waals surface area contributed by atoms with E-state index >= 15 is 0 Å². The quantitative estimate of drug-likeness (QED) is 0.639. The van der Waals surface area contributed by atoms with Crippen LogP contribution >= 0.6 is 0 Å². The minimum absolute atomic E-state index is 0.0702. The minimum Gasteiger partial charge on any atom is -0.496 e. The zero-order valence-electron chi connectivity index (χ0n) is 16.9. The lowest BCUT2D eigenvalue weighted by Gasteiger charge is -2.36. The summed E-state index contributed by atoms with van der Waals surface area (Å²) in [4.78, 5) is 25.2. The van der Waals surface area contributed by atoms with Crippen molar-refractivity contribution >= 4 is 11.9 Å². The Kier molecular flexibility index (Phi) is 6.18. The number of rotatable bonds is 4. The number of carbonyl (C=O) groups excluding carboxylic acids is 1. The molecule has 1 aliphatic rings. The molecule has 1 amide bonds. The monoisotopic (exact) mass is 385 g/mol. The number of furan rings is 1. The third kappa shape index (κ3) is 4.11. The molecule has 1 fully saturated rings. The summed E-state index contributed by atoms with van der Waals surface area (Å²) in [5, 5.41) is 3.37. The van der Waals surface area contributed by atoms with Gasteiger partial charge in [0.1, 0.15) is 5.75 Å². The van der Waals surface area contributed by atoms with E-state index in [1.54, 1.807) is 31.2 Å². The summed E-state index contributed by atoms with van der Waals surface area (Å²) in [7, 11) is 3.44. The van der Waals surface area contributed by atoms with Crippen LogP contribution in [-0.2, 0) is 6.54 Å². The zero-order chi connectivity index (χ0) is 20.1. The van der Waals surface area contributed by atoms with Crippen LogP contribution < -0.4 is 10.1 Å². The van der Waals surface area contributed by atoms with Crippen molar-refractivity contribution in [3.05, 3.63) is 47.2 Å². The topological polar surface area (TPSA) is 83.2 Å². The highest BCUT2D eigenvalue weighted by Crippen LogP contribution is 2.23. The number of methoxy groups -OCH3 is 1. The van der Waals surface area contributed by atoms with E-state index in [0.29, 0.717) is 38.5 Å². The van der Waals surface area contributed by atoms with Gasteiger partial charge in [0.05, 0.1) is 25.6 Å².